The first-order valence-corrected chi connectivity index (χ1v) is 8.91. The summed E-state index contributed by atoms with van der Waals surface area (Å²) in [6.07, 6.45) is 2.00. The number of fused-ring (bicyclic) bond motifs is 1. The van der Waals surface area contributed by atoms with Crippen LogP contribution in [0, 0.1) is 0 Å². The number of aromatic nitrogens is 1. The third-order valence-electron chi connectivity index (χ3n) is 3.86. The van der Waals surface area contributed by atoms with Crippen molar-refractivity contribution in [3.63, 3.8) is 0 Å². The molecule has 5 N–H and O–H groups in total. The summed E-state index contributed by atoms with van der Waals surface area (Å²) in [7, 11) is 0. The van der Waals surface area contributed by atoms with Crippen LogP contribution in [0.1, 0.15) is 12.1 Å². The standard InChI is InChI=1S/C14H13N5O5S2/c1-2-6-11(12(22)23)19-9(21)3-10(19)26-14(6,18-8(20)4-16-24)7-5-25-13(15)17-7/h2,4-5,10,24H,1,3H2,(H2,15,17)(H,18,20)(H,22,23)/t10-,14?/m1/s1. The number of carboxylic acids is 1. The fourth-order valence-corrected chi connectivity index (χ4v) is 5.18. The van der Waals surface area contributed by atoms with E-state index in [1.807, 2.05) is 0 Å². The van der Waals surface area contributed by atoms with Gasteiger partial charge >= 0.3 is 5.97 Å². The monoisotopic (exact) mass is 395 g/mol. The Bertz CT molecular complexity index is 879. The van der Waals surface area contributed by atoms with Gasteiger partial charge in [0.1, 0.15) is 11.9 Å². The normalized spacial score (nSPS) is 25.0. The zero-order chi connectivity index (χ0) is 19.1. The van der Waals surface area contributed by atoms with Crippen LogP contribution >= 0.6 is 23.1 Å². The number of aliphatic carboxylic acids is 1. The van der Waals surface area contributed by atoms with Crippen molar-refractivity contribution in [2.45, 2.75) is 16.7 Å². The number of hydrogen-bond acceptors (Lipinski definition) is 9. The van der Waals surface area contributed by atoms with Gasteiger partial charge in [-0.05, 0) is 0 Å². The molecule has 0 spiro atoms. The Labute approximate surface area is 155 Å². The second-order valence-electron chi connectivity index (χ2n) is 5.30. The molecule has 0 radical (unpaired) electrons. The summed E-state index contributed by atoms with van der Waals surface area (Å²) in [5.41, 5.74) is 5.79. The quantitative estimate of drug-likeness (QED) is 0.240. The lowest BCUT2D eigenvalue weighted by Crippen LogP contribution is -2.60. The molecular weight excluding hydrogens is 382 g/mol. The molecule has 2 aliphatic rings. The summed E-state index contributed by atoms with van der Waals surface area (Å²) in [6.45, 7) is 3.64. The highest BCUT2D eigenvalue weighted by molar-refractivity contribution is 8.01. The molecule has 1 aromatic heterocycles. The maximum Gasteiger partial charge on any atom is 0.353 e. The second kappa shape index (κ2) is 6.46. The van der Waals surface area contributed by atoms with Gasteiger partial charge in [-0.3, -0.25) is 14.5 Å². The summed E-state index contributed by atoms with van der Waals surface area (Å²) in [5.74, 6) is -2.46. The van der Waals surface area contributed by atoms with E-state index >= 15 is 0 Å². The van der Waals surface area contributed by atoms with Crippen molar-refractivity contribution in [2.24, 2.45) is 5.16 Å². The average molecular weight is 395 g/mol. The van der Waals surface area contributed by atoms with E-state index in [9.17, 15) is 19.5 Å². The molecule has 2 atom stereocenters. The number of oxime groups is 1. The third-order valence-corrected chi connectivity index (χ3v) is 6.07. The van der Waals surface area contributed by atoms with Crippen LogP contribution in [0.2, 0.25) is 0 Å². The summed E-state index contributed by atoms with van der Waals surface area (Å²) in [4.78, 5) is 39.8. The van der Waals surface area contributed by atoms with Gasteiger partial charge in [0.05, 0.1) is 17.5 Å². The van der Waals surface area contributed by atoms with Gasteiger partial charge in [-0.2, -0.15) is 0 Å². The molecule has 10 nitrogen and oxygen atoms in total. The highest BCUT2D eigenvalue weighted by Crippen LogP contribution is 2.54. The van der Waals surface area contributed by atoms with Gasteiger partial charge in [-0.15, -0.1) is 11.3 Å². The van der Waals surface area contributed by atoms with Gasteiger partial charge in [0.2, 0.25) is 5.91 Å². The summed E-state index contributed by atoms with van der Waals surface area (Å²) >= 11 is 2.25. The molecule has 1 saturated heterocycles. The Morgan fingerprint density at radius 2 is 2.31 bits per heavy atom. The fraction of sp³-hybridized carbons (Fsp3) is 0.214. The first-order valence-electron chi connectivity index (χ1n) is 7.15. The lowest BCUT2D eigenvalue weighted by atomic mass is 9.97. The van der Waals surface area contributed by atoms with E-state index in [4.69, 9.17) is 10.9 Å². The van der Waals surface area contributed by atoms with Crippen molar-refractivity contribution in [3.05, 3.63) is 35.0 Å². The Hall–Kier alpha value is -2.86. The number of carboxylic acid groups (broad SMARTS) is 1. The van der Waals surface area contributed by atoms with Crippen LogP contribution < -0.4 is 11.1 Å². The van der Waals surface area contributed by atoms with E-state index < -0.39 is 22.1 Å². The number of carbonyl (C=O) groups is 3. The van der Waals surface area contributed by atoms with Crippen molar-refractivity contribution in [1.29, 1.82) is 0 Å². The summed E-state index contributed by atoms with van der Waals surface area (Å²) in [6, 6.07) is 0. The SMILES string of the molecule is C=CC1=C(C(=O)O)N2C(=O)C[C@H]2SC1(NC(=O)C=NO)c1csc(N)n1. The number of nitrogen functional groups attached to an aromatic ring is 1. The molecule has 2 aliphatic heterocycles. The minimum Gasteiger partial charge on any atom is -0.477 e. The van der Waals surface area contributed by atoms with E-state index in [2.05, 4.69) is 22.0 Å². The van der Waals surface area contributed by atoms with Gasteiger partial charge in [0.15, 0.2) is 10.0 Å². The first kappa shape index (κ1) is 17.9. The van der Waals surface area contributed by atoms with Crippen molar-refractivity contribution >= 4 is 52.2 Å². The Morgan fingerprint density at radius 1 is 1.58 bits per heavy atom. The van der Waals surface area contributed by atoms with E-state index in [-0.39, 0.29) is 34.4 Å². The predicted octanol–water partition coefficient (Wildman–Crippen LogP) is 0.284. The van der Waals surface area contributed by atoms with Crippen LogP contribution in [-0.2, 0) is 19.3 Å². The van der Waals surface area contributed by atoms with E-state index in [1.165, 1.54) is 6.08 Å². The van der Waals surface area contributed by atoms with Crippen LogP contribution in [0.25, 0.3) is 0 Å². The molecule has 3 heterocycles. The Balaban J connectivity index is 2.26. The molecule has 136 valence electrons. The fourth-order valence-electron chi connectivity index (χ4n) is 2.84. The number of thioether (sulfide) groups is 1. The zero-order valence-electron chi connectivity index (χ0n) is 13.1. The molecule has 0 bridgehead atoms. The van der Waals surface area contributed by atoms with Gasteiger partial charge in [-0.25, -0.2) is 9.78 Å². The number of anilines is 1. The average Bonchev–Trinajstić information content (AvgIpc) is 3.00. The van der Waals surface area contributed by atoms with Crippen LogP contribution in [0.5, 0.6) is 0 Å². The summed E-state index contributed by atoms with van der Waals surface area (Å²) < 4.78 is 0. The second-order valence-corrected chi connectivity index (χ2v) is 7.58. The Morgan fingerprint density at radius 3 is 2.81 bits per heavy atom. The number of hydrogen-bond donors (Lipinski definition) is 4. The van der Waals surface area contributed by atoms with Gasteiger partial charge in [0.25, 0.3) is 5.91 Å². The number of rotatable bonds is 5. The van der Waals surface area contributed by atoms with Gasteiger partial charge in [-0.1, -0.05) is 29.6 Å². The van der Waals surface area contributed by atoms with Gasteiger partial charge in [0, 0.05) is 11.0 Å². The minimum atomic E-state index is -1.45. The first-order chi connectivity index (χ1) is 12.3. The van der Waals surface area contributed by atoms with Crippen molar-refractivity contribution in [1.82, 2.24) is 15.2 Å². The van der Waals surface area contributed by atoms with Crippen molar-refractivity contribution < 1.29 is 24.7 Å². The molecule has 2 amide bonds. The molecule has 12 heteroatoms. The number of carbonyl (C=O) groups excluding carboxylic acids is 2. The van der Waals surface area contributed by atoms with E-state index in [1.54, 1.807) is 5.38 Å². The number of nitrogens with two attached hydrogens (primary N) is 1. The van der Waals surface area contributed by atoms with Crippen LogP contribution in [0.3, 0.4) is 0 Å². The van der Waals surface area contributed by atoms with Gasteiger partial charge < -0.3 is 21.4 Å². The minimum absolute atomic E-state index is 0.0734. The number of thiazole rings is 1. The lowest BCUT2D eigenvalue weighted by molar-refractivity contribution is -0.146. The number of amides is 2. The molecular formula is C14H13N5O5S2. The van der Waals surface area contributed by atoms with Crippen LogP contribution in [0.15, 0.2) is 34.5 Å². The smallest absolute Gasteiger partial charge is 0.353 e. The molecule has 0 saturated carbocycles. The van der Waals surface area contributed by atoms with E-state index in [0.717, 1.165) is 28.0 Å². The maximum atomic E-state index is 12.1. The van der Waals surface area contributed by atoms with Crippen LogP contribution in [-0.4, -0.2) is 49.6 Å². The Kier molecular flexibility index (Phi) is 4.46. The highest BCUT2D eigenvalue weighted by atomic mass is 32.2. The highest BCUT2D eigenvalue weighted by Gasteiger charge is 2.56. The largest absolute Gasteiger partial charge is 0.477 e. The van der Waals surface area contributed by atoms with Crippen LogP contribution in [0.4, 0.5) is 5.13 Å². The van der Waals surface area contributed by atoms with Crippen molar-refractivity contribution in [3.8, 4) is 0 Å². The number of β-lactam (4-membered cyclic amide) rings is 1. The molecule has 3 rings (SSSR count). The molecule has 1 fully saturated rings. The predicted molar refractivity (Wildman–Crippen MR) is 94.3 cm³/mol. The molecule has 1 aromatic rings. The zero-order valence-corrected chi connectivity index (χ0v) is 14.7. The lowest BCUT2D eigenvalue weighted by Gasteiger charge is -2.50. The molecule has 0 aliphatic carbocycles. The maximum absolute atomic E-state index is 12.1. The van der Waals surface area contributed by atoms with Crippen molar-refractivity contribution in [2.75, 3.05) is 5.73 Å². The molecule has 1 unspecified atom stereocenters. The number of nitrogens with zero attached hydrogens (tertiary/aromatic N) is 3. The third kappa shape index (κ3) is 2.63. The van der Waals surface area contributed by atoms with E-state index in [0.29, 0.717) is 6.21 Å². The molecule has 26 heavy (non-hydrogen) atoms. The molecule has 0 aromatic carbocycles. The topological polar surface area (TPSA) is 158 Å². The number of nitrogens with one attached hydrogen (secondary N) is 1. The summed E-state index contributed by atoms with van der Waals surface area (Å²) in [5, 5.41) is 24.9.